The number of phenolic OH excluding ortho intramolecular Hbond substituents is 1. The van der Waals surface area contributed by atoms with Gasteiger partial charge in [-0.2, -0.15) is 0 Å². The fourth-order valence-electron chi connectivity index (χ4n) is 4.75. The number of primary amides is 1. The second-order valence-electron chi connectivity index (χ2n) is 9.35. The van der Waals surface area contributed by atoms with Crippen LogP contribution >= 0.6 is 11.8 Å². The number of nitrogens with two attached hydrogens (primary N) is 2. The number of carbonyl (C=O) groups excluding carboxylic acids is 3. The quantitative estimate of drug-likeness (QED) is 0.329. The van der Waals surface area contributed by atoms with Crippen LogP contribution in [-0.2, 0) is 27.2 Å². The summed E-state index contributed by atoms with van der Waals surface area (Å²) in [5.74, 6) is -0.358. The largest absolute Gasteiger partial charge is 0.508 e. The molecule has 5 atom stereocenters. The molecule has 0 saturated carbocycles. The van der Waals surface area contributed by atoms with Gasteiger partial charge in [-0.15, -0.1) is 11.8 Å². The molecule has 2 fully saturated rings. The summed E-state index contributed by atoms with van der Waals surface area (Å²) in [6.07, 6.45) is 2.15. The van der Waals surface area contributed by atoms with Crippen molar-refractivity contribution in [2.45, 2.75) is 55.2 Å². The SMILES string of the molecule is NC(=O)[C@@H]1CCCN1C(=O)[C@H](Cc1ccccc1)NC(=O)[C@@H]1CSC([C@@H](N)Cc2ccc(O)cc2)N1. The predicted molar refractivity (Wildman–Crippen MR) is 139 cm³/mol. The number of thioether (sulfide) groups is 1. The third-order valence-corrected chi connectivity index (χ3v) is 8.05. The first-order chi connectivity index (χ1) is 17.3. The topological polar surface area (TPSA) is 151 Å². The molecule has 0 aromatic heterocycles. The molecule has 2 aromatic carbocycles. The monoisotopic (exact) mass is 511 g/mol. The van der Waals surface area contributed by atoms with Gasteiger partial charge in [-0.3, -0.25) is 19.7 Å². The van der Waals surface area contributed by atoms with E-state index < -0.39 is 24.0 Å². The Hall–Kier alpha value is -3.08. The molecule has 9 nitrogen and oxygen atoms in total. The molecule has 2 saturated heterocycles. The summed E-state index contributed by atoms with van der Waals surface area (Å²) in [6.45, 7) is 0.444. The maximum absolute atomic E-state index is 13.5. The molecule has 1 unspecified atom stereocenters. The molecule has 0 bridgehead atoms. The molecule has 0 radical (unpaired) electrons. The van der Waals surface area contributed by atoms with Crippen LogP contribution in [0.4, 0.5) is 0 Å². The lowest BCUT2D eigenvalue weighted by molar-refractivity contribution is -0.140. The molecule has 0 aliphatic carbocycles. The zero-order valence-corrected chi connectivity index (χ0v) is 20.8. The first-order valence-electron chi connectivity index (χ1n) is 12.2. The Balaban J connectivity index is 1.40. The molecule has 0 spiro atoms. The van der Waals surface area contributed by atoms with E-state index in [4.69, 9.17) is 11.5 Å². The van der Waals surface area contributed by atoms with Crippen LogP contribution in [0, 0.1) is 0 Å². The highest BCUT2D eigenvalue weighted by atomic mass is 32.2. The summed E-state index contributed by atoms with van der Waals surface area (Å²) < 4.78 is 0. The van der Waals surface area contributed by atoms with E-state index in [0.29, 0.717) is 38.0 Å². The van der Waals surface area contributed by atoms with E-state index in [1.54, 1.807) is 23.9 Å². The van der Waals surface area contributed by atoms with Crippen molar-refractivity contribution < 1.29 is 19.5 Å². The molecule has 2 heterocycles. The van der Waals surface area contributed by atoms with Gasteiger partial charge in [0.15, 0.2) is 0 Å². The highest BCUT2D eigenvalue weighted by molar-refractivity contribution is 8.00. The van der Waals surface area contributed by atoms with Crippen LogP contribution in [-0.4, -0.2) is 69.6 Å². The molecule has 10 heteroatoms. The van der Waals surface area contributed by atoms with E-state index in [9.17, 15) is 19.5 Å². The number of phenols is 1. The number of carbonyl (C=O) groups is 3. The minimum atomic E-state index is -0.809. The highest BCUT2D eigenvalue weighted by Crippen LogP contribution is 2.24. The van der Waals surface area contributed by atoms with Crippen LogP contribution < -0.4 is 22.1 Å². The lowest BCUT2D eigenvalue weighted by Crippen LogP contribution is -2.57. The van der Waals surface area contributed by atoms with E-state index in [1.165, 1.54) is 4.90 Å². The van der Waals surface area contributed by atoms with Crippen molar-refractivity contribution in [3.8, 4) is 5.75 Å². The van der Waals surface area contributed by atoms with Gasteiger partial charge in [-0.1, -0.05) is 42.5 Å². The van der Waals surface area contributed by atoms with Crippen molar-refractivity contribution in [3.63, 3.8) is 0 Å². The lowest BCUT2D eigenvalue weighted by Gasteiger charge is -2.28. The maximum Gasteiger partial charge on any atom is 0.246 e. The Morgan fingerprint density at radius 1 is 1.08 bits per heavy atom. The summed E-state index contributed by atoms with van der Waals surface area (Å²) in [6, 6.07) is 14.2. The zero-order valence-electron chi connectivity index (χ0n) is 20.0. The number of nitrogens with one attached hydrogen (secondary N) is 2. The molecule has 192 valence electrons. The number of likely N-dealkylation sites (tertiary alicyclic amines) is 1. The van der Waals surface area contributed by atoms with E-state index in [-0.39, 0.29) is 29.0 Å². The van der Waals surface area contributed by atoms with Gasteiger partial charge in [0.1, 0.15) is 17.8 Å². The van der Waals surface area contributed by atoms with Crippen molar-refractivity contribution in [1.29, 1.82) is 0 Å². The first-order valence-corrected chi connectivity index (χ1v) is 13.2. The molecular formula is C26H33N5O4S. The Kier molecular flexibility index (Phi) is 8.50. The number of rotatable bonds is 9. The molecule has 36 heavy (non-hydrogen) atoms. The number of nitrogens with zero attached hydrogens (tertiary/aromatic N) is 1. The van der Waals surface area contributed by atoms with E-state index in [0.717, 1.165) is 11.1 Å². The number of benzene rings is 2. The van der Waals surface area contributed by atoms with Gasteiger partial charge in [0.2, 0.25) is 17.7 Å². The van der Waals surface area contributed by atoms with Crippen molar-refractivity contribution in [2.24, 2.45) is 11.5 Å². The Bertz CT molecular complexity index is 1070. The van der Waals surface area contributed by atoms with Crippen LogP contribution in [0.3, 0.4) is 0 Å². The van der Waals surface area contributed by atoms with E-state index >= 15 is 0 Å². The normalized spacial score (nSPS) is 23.2. The summed E-state index contributed by atoms with van der Waals surface area (Å²) in [5.41, 5.74) is 13.8. The average molecular weight is 512 g/mol. The van der Waals surface area contributed by atoms with Crippen molar-refractivity contribution in [2.75, 3.05) is 12.3 Å². The highest BCUT2D eigenvalue weighted by Gasteiger charge is 2.39. The van der Waals surface area contributed by atoms with Gasteiger partial charge >= 0.3 is 0 Å². The Morgan fingerprint density at radius 2 is 1.78 bits per heavy atom. The van der Waals surface area contributed by atoms with Gasteiger partial charge < -0.3 is 26.8 Å². The molecule has 7 N–H and O–H groups in total. The van der Waals surface area contributed by atoms with E-state index in [2.05, 4.69) is 10.6 Å². The lowest BCUT2D eigenvalue weighted by atomic mass is 10.0. The van der Waals surface area contributed by atoms with Gasteiger partial charge in [0.05, 0.1) is 11.4 Å². The number of hydrogen-bond donors (Lipinski definition) is 5. The third kappa shape index (κ3) is 6.37. The van der Waals surface area contributed by atoms with Crippen LogP contribution in [0.2, 0.25) is 0 Å². The standard InChI is InChI=1S/C26H33N5O4S/c27-19(13-17-8-10-18(32)11-9-17)25-30-21(15-36-25)24(34)29-20(14-16-5-2-1-3-6-16)26(35)31-12-4-7-22(31)23(28)33/h1-3,5-6,8-11,19-22,25,30,32H,4,7,12-15,27H2,(H2,28,33)(H,29,34)/t19-,20-,21-,22-,25?/m0/s1. The second kappa shape index (κ2) is 11.8. The van der Waals surface area contributed by atoms with E-state index in [1.807, 2.05) is 42.5 Å². The third-order valence-electron chi connectivity index (χ3n) is 6.68. The van der Waals surface area contributed by atoms with Gasteiger partial charge in [-0.05, 0) is 42.5 Å². The molecular weight excluding hydrogens is 478 g/mol. The molecule has 3 amide bonds. The minimum absolute atomic E-state index is 0.129. The number of amides is 3. The van der Waals surface area contributed by atoms with Crippen LogP contribution in [0.15, 0.2) is 54.6 Å². The average Bonchev–Trinajstić information content (AvgIpc) is 3.56. The summed E-state index contributed by atoms with van der Waals surface area (Å²) in [5, 5.41) is 15.6. The molecule has 2 aliphatic heterocycles. The van der Waals surface area contributed by atoms with Crippen molar-refractivity contribution in [1.82, 2.24) is 15.5 Å². The predicted octanol–water partition coefficient (Wildman–Crippen LogP) is 0.497. The minimum Gasteiger partial charge on any atom is -0.508 e. The summed E-state index contributed by atoms with van der Waals surface area (Å²) >= 11 is 1.58. The van der Waals surface area contributed by atoms with Crippen molar-refractivity contribution in [3.05, 3.63) is 65.7 Å². The molecule has 2 aliphatic rings. The second-order valence-corrected chi connectivity index (χ2v) is 10.5. The van der Waals surface area contributed by atoms with Crippen molar-refractivity contribution >= 4 is 29.5 Å². The van der Waals surface area contributed by atoms with Gasteiger partial charge in [-0.25, -0.2) is 0 Å². The Morgan fingerprint density at radius 3 is 2.47 bits per heavy atom. The molecule has 4 rings (SSSR count). The fourth-order valence-corrected chi connectivity index (χ4v) is 6.00. The van der Waals surface area contributed by atoms with Gasteiger partial charge in [0.25, 0.3) is 0 Å². The van der Waals surface area contributed by atoms with Crippen LogP contribution in [0.25, 0.3) is 0 Å². The van der Waals surface area contributed by atoms with Crippen LogP contribution in [0.5, 0.6) is 5.75 Å². The zero-order chi connectivity index (χ0) is 25.7. The Labute approximate surface area is 215 Å². The maximum atomic E-state index is 13.5. The first kappa shape index (κ1) is 26.0. The van der Waals surface area contributed by atoms with Crippen LogP contribution in [0.1, 0.15) is 24.0 Å². The fraction of sp³-hybridized carbons (Fsp3) is 0.423. The molecule has 2 aromatic rings. The van der Waals surface area contributed by atoms with Gasteiger partial charge in [0, 0.05) is 24.8 Å². The summed E-state index contributed by atoms with van der Waals surface area (Å²) in [4.78, 5) is 40.1. The smallest absolute Gasteiger partial charge is 0.246 e. The number of aromatic hydroxyl groups is 1. The summed E-state index contributed by atoms with van der Waals surface area (Å²) in [7, 11) is 0. The number of hydrogen-bond acceptors (Lipinski definition) is 7.